The molecule has 0 bridgehead atoms. The fourth-order valence-corrected chi connectivity index (χ4v) is 3.84. The number of rotatable bonds is 3. The van der Waals surface area contributed by atoms with Crippen LogP contribution in [0, 0.1) is 0 Å². The third-order valence-electron chi connectivity index (χ3n) is 4.08. The largest absolute Gasteiger partial charge is 0.494 e. The molecule has 0 saturated carbocycles. The van der Waals surface area contributed by atoms with E-state index in [0.717, 1.165) is 16.0 Å². The van der Waals surface area contributed by atoms with E-state index in [2.05, 4.69) is 4.99 Å². The second-order valence-electron chi connectivity index (χ2n) is 5.82. The summed E-state index contributed by atoms with van der Waals surface area (Å²) in [5.41, 5.74) is 0.996. The molecule has 0 spiro atoms. The Hall–Kier alpha value is -2.80. The predicted molar refractivity (Wildman–Crippen MR) is 98.9 cm³/mol. The van der Waals surface area contributed by atoms with Gasteiger partial charge in [0, 0.05) is 7.05 Å². The van der Waals surface area contributed by atoms with Crippen LogP contribution in [0.2, 0.25) is 0 Å². The van der Waals surface area contributed by atoms with Crippen LogP contribution in [0.15, 0.2) is 47.5 Å². The van der Waals surface area contributed by atoms with Gasteiger partial charge in [0.25, 0.3) is 5.91 Å². The van der Waals surface area contributed by atoms with E-state index in [1.165, 1.54) is 11.3 Å². The highest BCUT2D eigenvalue weighted by molar-refractivity contribution is 7.16. The van der Waals surface area contributed by atoms with Crippen LogP contribution in [0.4, 0.5) is 0 Å². The molecule has 1 amide bonds. The maximum atomic E-state index is 12.6. The Balaban J connectivity index is 1.63. The lowest BCUT2D eigenvalue weighted by atomic mass is 10.2. The molecule has 0 fully saturated rings. The van der Waals surface area contributed by atoms with Crippen molar-refractivity contribution in [2.45, 2.75) is 13.0 Å². The fraction of sp³-hybridized carbons (Fsp3) is 0.263. The number of aromatic nitrogens is 1. The maximum absolute atomic E-state index is 12.6. The zero-order valence-electron chi connectivity index (χ0n) is 14.5. The Labute approximate surface area is 154 Å². The fourth-order valence-electron chi connectivity index (χ4n) is 2.78. The Morgan fingerprint density at radius 2 is 2.12 bits per heavy atom. The first-order chi connectivity index (χ1) is 12.7. The van der Waals surface area contributed by atoms with Gasteiger partial charge in [0.15, 0.2) is 16.3 Å². The van der Waals surface area contributed by atoms with E-state index < -0.39 is 6.10 Å². The predicted octanol–water partition coefficient (Wildman–Crippen LogP) is 2.91. The van der Waals surface area contributed by atoms with E-state index in [4.69, 9.17) is 14.2 Å². The van der Waals surface area contributed by atoms with Crippen molar-refractivity contribution in [3.05, 3.63) is 47.3 Å². The van der Waals surface area contributed by atoms with Gasteiger partial charge in [0.1, 0.15) is 12.4 Å². The molecule has 1 aliphatic heterocycles. The number of nitrogens with zero attached hydrogens (tertiary/aromatic N) is 2. The quantitative estimate of drug-likeness (QED) is 0.711. The van der Waals surface area contributed by atoms with Gasteiger partial charge in [-0.15, -0.1) is 0 Å². The minimum Gasteiger partial charge on any atom is -0.494 e. The normalized spacial score (nSPS) is 16.7. The Morgan fingerprint density at radius 3 is 2.92 bits per heavy atom. The highest BCUT2D eigenvalue weighted by Gasteiger charge is 2.27. The van der Waals surface area contributed by atoms with E-state index in [0.29, 0.717) is 22.9 Å². The van der Waals surface area contributed by atoms with E-state index in [-0.39, 0.29) is 12.5 Å². The van der Waals surface area contributed by atoms with Crippen molar-refractivity contribution in [1.82, 2.24) is 4.57 Å². The van der Waals surface area contributed by atoms with Crippen molar-refractivity contribution < 1.29 is 19.0 Å². The van der Waals surface area contributed by atoms with Crippen molar-refractivity contribution in [3.8, 4) is 17.2 Å². The van der Waals surface area contributed by atoms with Crippen LogP contribution in [0.25, 0.3) is 10.2 Å². The number of carbonyl (C=O) groups excluding carboxylic acids is 1. The van der Waals surface area contributed by atoms with Crippen molar-refractivity contribution in [3.63, 3.8) is 0 Å². The highest BCUT2D eigenvalue weighted by Crippen LogP contribution is 2.31. The number of ether oxygens (including phenoxy) is 3. The van der Waals surface area contributed by atoms with Gasteiger partial charge in [-0.3, -0.25) is 4.79 Å². The number of hydrogen-bond donors (Lipinski definition) is 0. The van der Waals surface area contributed by atoms with E-state index in [9.17, 15) is 4.79 Å². The number of amides is 1. The molecule has 0 unspecified atom stereocenters. The number of para-hydroxylation sites is 2. The van der Waals surface area contributed by atoms with Gasteiger partial charge < -0.3 is 18.8 Å². The summed E-state index contributed by atoms with van der Waals surface area (Å²) < 4.78 is 19.8. The molecule has 1 aromatic heterocycles. The van der Waals surface area contributed by atoms with Gasteiger partial charge in [-0.25, -0.2) is 0 Å². The summed E-state index contributed by atoms with van der Waals surface area (Å²) in [6, 6.07) is 13.1. The first-order valence-corrected chi connectivity index (χ1v) is 9.17. The molecule has 3 aromatic rings. The molecule has 134 valence electrons. The van der Waals surface area contributed by atoms with Gasteiger partial charge in [-0.1, -0.05) is 23.5 Å². The second kappa shape index (κ2) is 6.84. The van der Waals surface area contributed by atoms with Gasteiger partial charge in [0.05, 0.1) is 16.8 Å². The summed E-state index contributed by atoms with van der Waals surface area (Å²) in [6.07, 6.45) is -0.742. The zero-order chi connectivity index (χ0) is 18.1. The molecule has 6 nitrogen and oxygen atoms in total. The van der Waals surface area contributed by atoms with E-state index in [1.54, 1.807) is 6.07 Å². The lowest BCUT2D eigenvalue weighted by Gasteiger charge is -2.23. The van der Waals surface area contributed by atoms with Crippen LogP contribution in [0.3, 0.4) is 0 Å². The third kappa shape index (κ3) is 3.06. The van der Waals surface area contributed by atoms with Crippen LogP contribution in [0.5, 0.6) is 17.2 Å². The van der Waals surface area contributed by atoms with Crippen LogP contribution < -0.4 is 19.0 Å². The minimum atomic E-state index is -0.742. The number of aryl methyl sites for hydroxylation is 1. The van der Waals surface area contributed by atoms with Crippen LogP contribution in [0.1, 0.15) is 6.92 Å². The van der Waals surface area contributed by atoms with E-state index in [1.807, 2.05) is 54.9 Å². The Morgan fingerprint density at radius 1 is 1.31 bits per heavy atom. The number of hydrogen-bond acceptors (Lipinski definition) is 5. The van der Waals surface area contributed by atoms with Gasteiger partial charge in [0.2, 0.25) is 6.10 Å². The lowest BCUT2D eigenvalue weighted by Crippen LogP contribution is -2.36. The van der Waals surface area contributed by atoms with Gasteiger partial charge >= 0.3 is 0 Å². The number of carbonyl (C=O) groups is 1. The molecule has 2 aromatic carbocycles. The number of benzene rings is 2. The summed E-state index contributed by atoms with van der Waals surface area (Å²) in [5, 5.41) is 0. The summed E-state index contributed by atoms with van der Waals surface area (Å²) in [5.74, 6) is 1.66. The molecule has 0 radical (unpaired) electrons. The third-order valence-corrected chi connectivity index (χ3v) is 5.18. The average molecular weight is 370 g/mol. The van der Waals surface area contributed by atoms with Crippen molar-refractivity contribution in [2.24, 2.45) is 12.0 Å². The van der Waals surface area contributed by atoms with Crippen LogP contribution in [-0.2, 0) is 11.8 Å². The topological polar surface area (TPSA) is 62.1 Å². The number of thiazole rings is 1. The first-order valence-electron chi connectivity index (χ1n) is 8.35. The smallest absolute Gasteiger partial charge is 0.292 e. The first kappa shape index (κ1) is 16.7. The zero-order valence-corrected chi connectivity index (χ0v) is 15.3. The summed E-state index contributed by atoms with van der Waals surface area (Å²) in [7, 11) is 1.89. The van der Waals surface area contributed by atoms with Crippen LogP contribution >= 0.6 is 11.3 Å². The molecule has 7 heteroatoms. The molecular formula is C19H18N2O4S. The van der Waals surface area contributed by atoms with Crippen molar-refractivity contribution in [2.75, 3.05) is 13.2 Å². The molecule has 2 heterocycles. The molecule has 0 saturated heterocycles. The van der Waals surface area contributed by atoms with Gasteiger partial charge in [-0.05, 0) is 37.3 Å². The average Bonchev–Trinajstić information content (AvgIpc) is 2.96. The molecule has 0 N–H and O–H groups in total. The molecule has 4 rings (SSSR count). The van der Waals surface area contributed by atoms with Crippen molar-refractivity contribution >= 4 is 27.5 Å². The summed E-state index contributed by atoms with van der Waals surface area (Å²) in [4.78, 5) is 17.4. The molecule has 0 aliphatic carbocycles. The molecule has 1 atom stereocenters. The Kier molecular flexibility index (Phi) is 4.38. The Bertz CT molecular complexity index is 1040. The van der Waals surface area contributed by atoms with Gasteiger partial charge in [-0.2, -0.15) is 4.99 Å². The molecule has 26 heavy (non-hydrogen) atoms. The van der Waals surface area contributed by atoms with Crippen LogP contribution in [-0.4, -0.2) is 29.8 Å². The standard InChI is InChI=1S/C19H18N2O4S/c1-3-23-12-8-9-13-17(10-12)26-19(21(13)2)20-18(22)16-11-24-14-6-4-5-7-15(14)25-16/h4-10,16H,3,11H2,1-2H3/t16-/m1/s1. The number of fused-ring (bicyclic) bond motifs is 2. The monoisotopic (exact) mass is 370 g/mol. The SMILES string of the molecule is CCOc1ccc2c(c1)sc(=NC(=O)[C@H]1COc3ccccc3O1)n2C. The highest BCUT2D eigenvalue weighted by atomic mass is 32.1. The summed E-state index contributed by atoms with van der Waals surface area (Å²) >= 11 is 1.44. The van der Waals surface area contributed by atoms with E-state index >= 15 is 0 Å². The lowest BCUT2D eigenvalue weighted by molar-refractivity contribution is -0.127. The minimum absolute atomic E-state index is 0.155. The van der Waals surface area contributed by atoms with Crippen molar-refractivity contribution in [1.29, 1.82) is 0 Å². The maximum Gasteiger partial charge on any atom is 0.292 e. The molecular weight excluding hydrogens is 352 g/mol. The molecule has 1 aliphatic rings. The second-order valence-corrected chi connectivity index (χ2v) is 6.83. The summed E-state index contributed by atoms with van der Waals surface area (Å²) in [6.45, 7) is 2.71.